The second-order valence-electron chi connectivity index (χ2n) is 4.59. The van der Waals surface area contributed by atoms with E-state index in [1.807, 2.05) is 13.8 Å². The summed E-state index contributed by atoms with van der Waals surface area (Å²) in [5.41, 5.74) is 6.20. The van der Waals surface area contributed by atoms with Crippen molar-refractivity contribution in [3.63, 3.8) is 0 Å². The summed E-state index contributed by atoms with van der Waals surface area (Å²) in [6, 6.07) is 4.86. The molecule has 0 saturated heterocycles. The first-order valence-electron chi connectivity index (χ1n) is 6.01. The lowest BCUT2D eigenvalue weighted by molar-refractivity contribution is -0.117. The molecular weight excluding hydrogens is 266 g/mol. The molecule has 0 spiro atoms. The van der Waals surface area contributed by atoms with Gasteiger partial charge in [0, 0.05) is 11.4 Å². The Kier molecular flexibility index (Phi) is 5.79. The molecule has 5 nitrogen and oxygen atoms in total. The van der Waals surface area contributed by atoms with Crippen LogP contribution in [0.4, 0.5) is 11.4 Å². The van der Waals surface area contributed by atoms with Crippen LogP contribution in [0.1, 0.15) is 20.3 Å². The highest BCUT2D eigenvalue weighted by Crippen LogP contribution is 2.26. The van der Waals surface area contributed by atoms with Gasteiger partial charge in [0.15, 0.2) is 0 Å². The number of carbonyl (C=O) groups is 2. The van der Waals surface area contributed by atoms with Gasteiger partial charge < -0.3 is 16.4 Å². The smallest absolute Gasteiger partial charge is 0.238 e. The Morgan fingerprint density at radius 2 is 1.84 bits per heavy atom. The minimum Gasteiger partial charge on any atom is -0.324 e. The fourth-order valence-electron chi connectivity index (χ4n) is 1.50. The normalized spacial score (nSPS) is 10.4. The minimum atomic E-state index is -0.346. The lowest BCUT2D eigenvalue weighted by atomic mass is 10.1. The van der Waals surface area contributed by atoms with E-state index >= 15 is 0 Å². The van der Waals surface area contributed by atoms with E-state index in [9.17, 15) is 9.59 Å². The van der Waals surface area contributed by atoms with Crippen molar-refractivity contribution in [3.05, 3.63) is 23.2 Å². The highest BCUT2D eigenvalue weighted by molar-refractivity contribution is 6.31. The third-order valence-corrected chi connectivity index (χ3v) is 2.54. The zero-order valence-electron chi connectivity index (χ0n) is 11.0. The van der Waals surface area contributed by atoms with Crippen LogP contribution in [0.2, 0.25) is 5.02 Å². The first-order chi connectivity index (χ1) is 8.92. The van der Waals surface area contributed by atoms with Crippen LogP contribution in [-0.2, 0) is 9.59 Å². The Morgan fingerprint density at radius 3 is 2.42 bits per heavy atom. The Bertz CT molecular complexity index is 475. The summed E-state index contributed by atoms with van der Waals surface area (Å²) in [5.74, 6) is -0.198. The molecule has 0 aliphatic heterocycles. The summed E-state index contributed by atoms with van der Waals surface area (Å²) in [5, 5.41) is 5.81. The molecule has 104 valence electrons. The van der Waals surface area contributed by atoms with Gasteiger partial charge in [-0.25, -0.2) is 0 Å². The molecular formula is C13H18ClN3O2. The third-order valence-electron chi connectivity index (χ3n) is 2.31. The van der Waals surface area contributed by atoms with Crippen molar-refractivity contribution >= 4 is 34.8 Å². The molecule has 1 aromatic rings. The summed E-state index contributed by atoms with van der Waals surface area (Å²) in [4.78, 5) is 23.1. The van der Waals surface area contributed by atoms with Gasteiger partial charge in [-0.15, -0.1) is 0 Å². The molecule has 0 unspecified atom stereocenters. The van der Waals surface area contributed by atoms with E-state index in [-0.39, 0.29) is 24.3 Å². The minimum absolute atomic E-state index is 0.111. The molecule has 0 aromatic heterocycles. The number of nitrogens with one attached hydrogen (secondary N) is 2. The first kappa shape index (κ1) is 15.5. The number of hydrogen-bond donors (Lipinski definition) is 3. The molecule has 6 heteroatoms. The summed E-state index contributed by atoms with van der Waals surface area (Å²) in [6.07, 6.45) is 0.410. The summed E-state index contributed by atoms with van der Waals surface area (Å²) in [7, 11) is 0. The van der Waals surface area contributed by atoms with E-state index in [0.717, 1.165) is 0 Å². The molecule has 1 aromatic carbocycles. The summed E-state index contributed by atoms with van der Waals surface area (Å²) in [6.45, 7) is 3.78. The summed E-state index contributed by atoms with van der Waals surface area (Å²) >= 11 is 5.87. The fourth-order valence-corrected chi connectivity index (χ4v) is 1.67. The second-order valence-corrected chi connectivity index (χ2v) is 5.02. The van der Waals surface area contributed by atoms with Gasteiger partial charge in [-0.3, -0.25) is 9.59 Å². The van der Waals surface area contributed by atoms with Crippen molar-refractivity contribution in [2.24, 2.45) is 11.7 Å². The third kappa shape index (κ3) is 5.28. The van der Waals surface area contributed by atoms with Gasteiger partial charge in [-0.05, 0) is 24.1 Å². The highest BCUT2D eigenvalue weighted by atomic mass is 35.5. The number of hydrogen-bond acceptors (Lipinski definition) is 3. The highest BCUT2D eigenvalue weighted by Gasteiger charge is 2.10. The number of benzene rings is 1. The van der Waals surface area contributed by atoms with Crippen LogP contribution in [0.25, 0.3) is 0 Å². The molecule has 0 saturated carbocycles. The van der Waals surface area contributed by atoms with Gasteiger partial charge in [0.05, 0.1) is 17.9 Å². The van der Waals surface area contributed by atoms with Crippen molar-refractivity contribution in [2.75, 3.05) is 17.2 Å². The topological polar surface area (TPSA) is 84.2 Å². The largest absolute Gasteiger partial charge is 0.324 e. The van der Waals surface area contributed by atoms with Crippen LogP contribution >= 0.6 is 11.6 Å². The lowest BCUT2D eigenvalue weighted by Gasteiger charge is -2.13. The fraction of sp³-hybridized carbons (Fsp3) is 0.385. The maximum atomic E-state index is 11.7. The standard InChI is InChI=1S/C13H18ClN3O2/c1-8(2)5-12(18)16-10-4-3-9(14)6-11(10)17-13(19)7-15/h3-4,6,8H,5,7,15H2,1-2H3,(H,16,18)(H,17,19). The number of rotatable bonds is 5. The second kappa shape index (κ2) is 7.11. The maximum absolute atomic E-state index is 11.7. The van der Waals surface area contributed by atoms with Gasteiger partial charge in [0.2, 0.25) is 11.8 Å². The van der Waals surface area contributed by atoms with Crippen LogP contribution < -0.4 is 16.4 Å². The van der Waals surface area contributed by atoms with Crippen molar-refractivity contribution in [2.45, 2.75) is 20.3 Å². The predicted molar refractivity (Wildman–Crippen MR) is 77.2 cm³/mol. The van der Waals surface area contributed by atoms with Crippen molar-refractivity contribution < 1.29 is 9.59 Å². The van der Waals surface area contributed by atoms with Gasteiger partial charge in [-0.2, -0.15) is 0 Å². The Balaban J connectivity index is 2.87. The molecule has 19 heavy (non-hydrogen) atoms. The number of carbonyl (C=O) groups excluding carboxylic acids is 2. The van der Waals surface area contributed by atoms with Crippen LogP contribution in [0, 0.1) is 5.92 Å². The van der Waals surface area contributed by atoms with E-state index in [1.165, 1.54) is 0 Å². The summed E-state index contributed by atoms with van der Waals surface area (Å²) < 4.78 is 0. The van der Waals surface area contributed by atoms with Gasteiger partial charge in [0.25, 0.3) is 0 Å². The van der Waals surface area contributed by atoms with E-state index < -0.39 is 0 Å². The molecule has 0 radical (unpaired) electrons. The predicted octanol–water partition coefficient (Wildman–Crippen LogP) is 2.22. The van der Waals surface area contributed by atoms with Crippen LogP contribution in [0.5, 0.6) is 0 Å². The Hall–Kier alpha value is -1.59. The lowest BCUT2D eigenvalue weighted by Crippen LogP contribution is -2.23. The van der Waals surface area contributed by atoms with E-state index in [1.54, 1.807) is 18.2 Å². The molecule has 0 aliphatic rings. The molecule has 2 amide bonds. The molecule has 0 bridgehead atoms. The monoisotopic (exact) mass is 283 g/mol. The number of nitrogens with two attached hydrogens (primary N) is 1. The number of amides is 2. The molecule has 0 atom stereocenters. The maximum Gasteiger partial charge on any atom is 0.238 e. The van der Waals surface area contributed by atoms with E-state index in [2.05, 4.69) is 10.6 Å². The van der Waals surface area contributed by atoms with Crippen LogP contribution in [-0.4, -0.2) is 18.4 Å². The van der Waals surface area contributed by atoms with Crippen molar-refractivity contribution in [1.82, 2.24) is 0 Å². The van der Waals surface area contributed by atoms with E-state index in [0.29, 0.717) is 22.8 Å². The Morgan fingerprint density at radius 1 is 1.21 bits per heavy atom. The molecule has 1 rings (SSSR count). The molecule has 0 heterocycles. The zero-order chi connectivity index (χ0) is 14.4. The Labute approximate surface area is 117 Å². The quantitative estimate of drug-likeness (QED) is 0.775. The van der Waals surface area contributed by atoms with Gasteiger partial charge in [-0.1, -0.05) is 25.4 Å². The van der Waals surface area contributed by atoms with Crippen LogP contribution in [0.15, 0.2) is 18.2 Å². The van der Waals surface area contributed by atoms with Crippen LogP contribution in [0.3, 0.4) is 0 Å². The zero-order valence-corrected chi connectivity index (χ0v) is 11.8. The van der Waals surface area contributed by atoms with E-state index in [4.69, 9.17) is 17.3 Å². The molecule has 4 N–H and O–H groups in total. The molecule has 0 fully saturated rings. The average Bonchev–Trinajstić information content (AvgIpc) is 2.31. The number of halogens is 1. The SMILES string of the molecule is CC(C)CC(=O)Nc1ccc(Cl)cc1NC(=O)CN. The van der Waals surface area contributed by atoms with Gasteiger partial charge >= 0.3 is 0 Å². The van der Waals surface area contributed by atoms with Gasteiger partial charge in [0.1, 0.15) is 0 Å². The number of anilines is 2. The van der Waals surface area contributed by atoms with Crippen molar-refractivity contribution in [3.8, 4) is 0 Å². The first-order valence-corrected chi connectivity index (χ1v) is 6.39. The molecule has 0 aliphatic carbocycles. The average molecular weight is 284 g/mol. The van der Waals surface area contributed by atoms with Crippen molar-refractivity contribution in [1.29, 1.82) is 0 Å².